The fourth-order valence-corrected chi connectivity index (χ4v) is 5.41. The number of carbonyl (C=O) groups is 4. The Morgan fingerprint density at radius 3 is 2.55 bits per heavy atom. The first-order valence-electron chi connectivity index (χ1n) is 12.7. The van der Waals surface area contributed by atoms with Crippen molar-refractivity contribution in [2.45, 2.75) is 38.3 Å². The van der Waals surface area contributed by atoms with Gasteiger partial charge in [-0.25, -0.2) is 0 Å². The molecular weight excluding hydrogens is 480 g/mol. The number of nitrogens with one attached hydrogen (secondary N) is 3. The van der Waals surface area contributed by atoms with Gasteiger partial charge in [0, 0.05) is 35.1 Å². The van der Waals surface area contributed by atoms with E-state index in [1.165, 1.54) is 10.5 Å². The number of aromatic nitrogens is 1. The molecule has 0 spiro atoms. The molecule has 0 aliphatic carbocycles. The van der Waals surface area contributed by atoms with Gasteiger partial charge >= 0.3 is 0 Å². The van der Waals surface area contributed by atoms with Crippen LogP contribution in [0.3, 0.4) is 0 Å². The molecule has 1 atom stereocenters. The topological polar surface area (TPSA) is 111 Å². The first kappa shape index (κ1) is 23.7. The molecule has 0 saturated carbocycles. The standard InChI is InChI=1S/C30H26N4O4/c35-26-15-14-25(28(36)33-26)34-17-19-16-20(11-13-21(19)30(34)38)31-29(37)27-23(12-10-18-6-2-1-3-7-18)22-8-4-5-9-24(22)32-27/h1-9,11,13,16,25,32H,10,12,14-15,17H2,(H,31,37)(H,33,35,36). The number of para-hydroxylation sites is 1. The predicted molar refractivity (Wildman–Crippen MR) is 143 cm³/mol. The highest BCUT2D eigenvalue weighted by molar-refractivity contribution is 6.09. The number of H-pyrrole nitrogens is 1. The Bertz CT molecular complexity index is 1590. The van der Waals surface area contributed by atoms with Crippen molar-refractivity contribution >= 4 is 40.2 Å². The monoisotopic (exact) mass is 506 g/mol. The number of anilines is 1. The van der Waals surface area contributed by atoms with Gasteiger partial charge in [-0.15, -0.1) is 0 Å². The molecule has 3 aromatic carbocycles. The van der Waals surface area contributed by atoms with E-state index in [9.17, 15) is 19.2 Å². The minimum Gasteiger partial charge on any atom is -0.350 e. The van der Waals surface area contributed by atoms with Crippen molar-refractivity contribution in [2.24, 2.45) is 0 Å². The maximum absolute atomic E-state index is 13.5. The molecule has 2 aliphatic heterocycles. The van der Waals surface area contributed by atoms with Gasteiger partial charge in [0.05, 0.1) is 0 Å². The molecule has 8 nitrogen and oxygen atoms in total. The quantitative estimate of drug-likeness (QED) is 0.344. The molecule has 3 heterocycles. The highest BCUT2D eigenvalue weighted by Gasteiger charge is 2.39. The maximum Gasteiger partial charge on any atom is 0.272 e. The Hall–Kier alpha value is -4.72. The number of nitrogens with zero attached hydrogens (tertiary/aromatic N) is 1. The lowest BCUT2D eigenvalue weighted by molar-refractivity contribution is -0.136. The van der Waals surface area contributed by atoms with Crippen molar-refractivity contribution in [3.05, 3.63) is 101 Å². The highest BCUT2D eigenvalue weighted by Crippen LogP contribution is 2.30. The lowest BCUT2D eigenvalue weighted by Crippen LogP contribution is -2.52. The lowest BCUT2D eigenvalue weighted by Gasteiger charge is -2.29. The Labute approximate surface area is 219 Å². The molecular formula is C30H26N4O4. The van der Waals surface area contributed by atoms with Crippen LogP contribution in [0.5, 0.6) is 0 Å². The molecule has 8 heteroatoms. The fourth-order valence-electron chi connectivity index (χ4n) is 5.41. The number of hydrogen-bond acceptors (Lipinski definition) is 4. The summed E-state index contributed by atoms with van der Waals surface area (Å²) >= 11 is 0. The van der Waals surface area contributed by atoms with Crippen molar-refractivity contribution in [2.75, 3.05) is 5.32 Å². The van der Waals surface area contributed by atoms with Gasteiger partial charge in [0.2, 0.25) is 11.8 Å². The molecule has 0 radical (unpaired) electrons. The van der Waals surface area contributed by atoms with E-state index in [-0.39, 0.29) is 30.7 Å². The van der Waals surface area contributed by atoms with Gasteiger partial charge in [-0.05, 0) is 60.2 Å². The van der Waals surface area contributed by atoms with Gasteiger partial charge in [-0.1, -0.05) is 48.5 Å². The predicted octanol–water partition coefficient (Wildman–Crippen LogP) is 3.97. The molecule has 1 saturated heterocycles. The Morgan fingerprint density at radius 2 is 1.74 bits per heavy atom. The maximum atomic E-state index is 13.5. The number of carbonyl (C=O) groups excluding carboxylic acids is 4. The molecule has 1 unspecified atom stereocenters. The summed E-state index contributed by atoms with van der Waals surface area (Å²) in [5.41, 5.74) is 5.39. The van der Waals surface area contributed by atoms with Crippen LogP contribution >= 0.6 is 0 Å². The SMILES string of the molecule is O=C1CCC(N2Cc3cc(NC(=O)c4[nH]c5ccccc5c4CCc4ccccc4)ccc3C2=O)C(=O)N1. The summed E-state index contributed by atoms with van der Waals surface area (Å²) in [4.78, 5) is 55.1. The number of aromatic amines is 1. The number of fused-ring (bicyclic) bond motifs is 2. The van der Waals surface area contributed by atoms with E-state index >= 15 is 0 Å². The number of aryl methyl sites for hydroxylation is 2. The van der Waals surface area contributed by atoms with Crippen LogP contribution < -0.4 is 10.6 Å². The fraction of sp³-hybridized carbons (Fsp3) is 0.200. The first-order valence-corrected chi connectivity index (χ1v) is 12.7. The average molecular weight is 507 g/mol. The van der Waals surface area contributed by atoms with Crippen LogP contribution in [0.4, 0.5) is 5.69 Å². The van der Waals surface area contributed by atoms with Crippen LogP contribution in [-0.2, 0) is 29.0 Å². The van der Waals surface area contributed by atoms with Gasteiger partial charge < -0.3 is 15.2 Å². The van der Waals surface area contributed by atoms with Gasteiger partial charge in [0.25, 0.3) is 11.8 Å². The van der Waals surface area contributed by atoms with Gasteiger partial charge in [0.15, 0.2) is 0 Å². The third-order valence-corrected chi connectivity index (χ3v) is 7.33. The van der Waals surface area contributed by atoms with E-state index in [0.717, 1.165) is 28.5 Å². The molecule has 1 fully saturated rings. The summed E-state index contributed by atoms with van der Waals surface area (Å²) in [5.74, 6) is -1.26. The van der Waals surface area contributed by atoms with Crippen LogP contribution in [0.25, 0.3) is 10.9 Å². The normalized spacial score (nSPS) is 17.0. The summed E-state index contributed by atoms with van der Waals surface area (Å²) in [7, 11) is 0. The molecule has 4 amide bonds. The first-order chi connectivity index (χ1) is 18.5. The highest BCUT2D eigenvalue weighted by atomic mass is 16.2. The van der Waals surface area contributed by atoms with Crippen molar-refractivity contribution in [1.29, 1.82) is 0 Å². The third kappa shape index (κ3) is 4.34. The van der Waals surface area contributed by atoms with E-state index in [1.807, 2.05) is 42.5 Å². The van der Waals surface area contributed by atoms with Gasteiger partial charge in [-0.2, -0.15) is 0 Å². The number of hydrogen-bond donors (Lipinski definition) is 3. The molecule has 0 bridgehead atoms. The molecule has 3 N–H and O–H groups in total. The lowest BCUT2D eigenvalue weighted by atomic mass is 10.0. The Balaban J connectivity index is 1.23. The van der Waals surface area contributed by atoms with E-state index in [2.05, 4.69) is 27.8 Å². The summed E-state index contributed by atoms with van der Waals surface area (Å²) in [6.45, 7) is 0.249. The van der Waals surface area contributed by atoms with Crippen molar-refractivity contribution in [3.8, 4) is 0 Å². The van der Waals surface area contributed by atoms with Gasteiger partial charge in [0.1, 0.15) is 11.7 Å². The number of rotatable bonds is 6. The number of amides is 4. The van der Waals surface area contributed by atoms with Gasteiger partial charge in [-0.3, -0.25) is 24.5 Å². The zero-order valence-corrected chi connectivity index (χ0v) is 20.6. The second kappa shape index (κ2) is 9.63. The van der Waals surface area contributed by atoms with E-state index in [1.54, 1.807) is 18.2 Å². The zero-order chi connectivity index (χ0) is 26.2. The third-order valence-electron chi connectivity index (χ3n) is 7.33. The van der Waals surface area contributed by atoms with Crippen LogP contribution in [0, 0.1) is 0 Å². The second-order valence-electron chi connectivity index (χ2n) is 9.74. The van der Waals surface area contributed by atoms with E-state index in [0.29, 0.717) is 29.8 Å². The number of benzene rings is 3. The van der Waals surface area contributed by atoms with Crippen LogP contribution in [0.1, 0.15) is 50.4 Å². The van der Waals surface area contributed by atoms with E-state index in [4.69, 9.17) is 0 Å². The second-order valence-corrected chi connectivity index (χ2v) is 9.74. The molecule has 6 rings (SSSR count). The minimum absolute atomic E-state index is 0.203. The summed E-state index contributed by atoms with van der Waals surface area (Å²) in [5, 5.41) is 6.32. The molecule has 2 aliphatic rings. The van der Waals surface area contributed by atoms with Crippen molar-refractivity contribution in [3.63, 3.8) is 0 Å². The molecule has 1 aromatic heterocycles. The van der Waals surface area contributed by atoms with Crippen molar-refractivity contribution in [1.82, 2.24) is 15.2 Å². The summed E-state index contributed by atoms with van der Waals surface area (Å²) < 4.78 is 0. The van der Waals surface area contributed by atoms with Crippen LogP contribution in [0.15, 0.2) is 72.8 Å². The summed E-state index contributed by atoms with van der Waals surface area (Å²) in [6.07, 6.45) is 2.02. The van der Waals surface area contributed by atoms with Crippen molar-refractivity contribution < 1.29 is 19.2 Å². The Kier molecular flexibility index (Phi) is 5.99. The molecule has 38 heavy (non-hydrogen) atoms. The zero-order valence-electron chi connectivity index (χ0n) is 20.6. The summed E-state index contributed by atoms with van der Waals surface area (Å²) in [6, 6.07) is 22.6. The van der Waals surface area contributed by atoms with E-state index < -0.39 is 11.9 Å². The average Bonchev–Trinajstić information content (AvgIpc) is 3.45. The van der Waals surface area contributed by atoms with Crippen LogP contribution in [-0.4, -0.2) is 39.6 Å². The Morgan fingerprint density at radius 1 is 0.947 bits per heavy atom. The largest absolute Gasteiger partial charge is 0.350 e. The molecule has 4 aromatic rings. The number of piperidine rings is 1. The number of imide groups is 1. The van der Waals surface area contributed by atoms with Crippen LogP contribution in [0.2, 0.25) is 0 Å². The minimum atomic E-state index is -0.677. The molecule has 190 valence electrons. The smallest absolute Gasteiger partial charge is 0.272 e.